The maximum absolute atomic E-state index is 4.40. The van der Waals surface area contributed by atoms with Gasteiger partial charge < -0.3 is 4.90 Å². The fourth-order valence-electron chi connectivity index (χ4n) is 1.23. The van der Waals surface area contributed by atoms with Gasteiger partial charge in [-0.1, -0.05) is 0 Å². The minimum atomic E-state index is 0.477. The van der Waals surface area contributed by atoms with E-state index in [4.69, 9.17) is 0 Å². The lowest BCUT2D eigenvalue weighted by Crippen LogP contribution is -2.31. The van der Waals surface area contributed by atoms with Crippen LogP contribution in [0.15, 0.2) is 21.2 Å². The Morgan fingerprint density at radius 1 is 1.53 bits per heavy atom. The summed E-state index contributed by atoms with van der Waals surface area (Å²) >= 11 is 8.77. The van der Waals surface area contributed by atoms with Crippen LogP contribution in [0.4, 0.5) is 5.82 Å². The van der Waals surface area contributed by atoms with Gasteiger partial charge in [-0.25, -0.2) is 4.98 Å². The number of nitrogens with zero attached hydrogens (tertiary/aromatic N) is 2. The minimum absolute atomic E-state index is 0.477. The molecule has 2 nitrogen and oxygen atoms in total. The lowest BCUT2D eigenvalue weighted by Gasteiger charge is -2.26. The molecule has 0 saturated heterocycles. The summed E-state index contributed by atoms with van der Waals surface area (Å²) in [5.74, 6) is 2.08. The number of hydrogen-bond donors (Lipinski definition) is 0. The summed E-state index contributed by atoms with van der Waals surface area (Å²) in [6.45, 7) is 2.20. The van der Waals surface area contributed by atoms with Crippen LogP contribution < -0.4 is 4.90 Å². The monoisotopic (exact) mass is 352 g/mol. The second-order valence-electron chi connectivity index (χ2n) is 3.37. The van der Waals surface area contributed by atoms with Crippen molar-refractivity contribution in [3.63, 3.8) is 0 Å². The zero-order chi connectivity index (χ0) is 11.4. The van der Waals surface area contributed by atoms with Gasteiger partial charge >= 0.3 is 0 Å². The summed E-state index contributed by atoms with van der Waals surface area (Å²) in [6, 6.07) is 2.50. The van der Waals surface area contributed by atoms with Gasteiger partial charge in [-0.05, 0) is 51.1 Å². The number of rotatable bonds is 4. The molecule has 15 heavy (non-hydrogen) atoms. The molecule has 5 heteroatoms. The maximum Gasteiger partial charge on any atom is 0.142 e. The van der Waals surface area contributed by atoms with Crippen molar-refractivity contribution in [3.8, 4) is 0 Å². The number of anilines is 1. The van der Waals surface area contributed by atoms with Gasteiger partial charge in [-0.3, -0.25) is 0 Å². The average molecular weight is 354 g/mol. The minimum Gasteiger partial charge on any atom is -0.355 e. The van der Waals surface area contributed by atoms with Crippen LogP contribution in [0.5, 0.6) is 0 Å². The zero-order valence-corrected chi connectivity index (χ0v) is 13.0. The molecule has 0 spiro atoms. The summed E-state index contributed by atoms with van der Waals surface area (Å²) in [6.07, 6.45) is 3.94. The Bertz CT molecular complexity index is 333. The van der Waals surface area contributed by atoms with Crippen molar-refractivity contribution in [2.24, 2.45) is 0 Å². The molecule has 0 N–H and O–H groups in total. The van der Waals surface area contributed by atoms with E-state index in [1.807, 2.05) is 24.0 Å². The van der Waals surface area contributed by atoms with Crippen LogP contribution in [0.2, 0.25) is 0 Å². The van der Waals surface area contributed by atoms with Gasteiger partial charge in [-0.15, -0.1) is 0 Å². The first-order valence-electron chi connectivity index (χ1n) is 4.59. The van der Waals surface area contributed by atoms with Crippen LogP contribution in [0.25, 0.3) is 0 Å². The van der Waals surface area contributed by atoms with E-state index in [-0.39, 0.29) is 0 Å². The summed E-state index contributed by atoms with van der Waals surface area (Å²) in [7, 11) is 2.07. The maximum atomic E-state index is 4.40. The number of hydrogen-bond acceptors (Lipinski definition) is 3. The van der Waals surface area contributed by atoms with Crippen LogP contribution >= 0.6 is 43.6 Å². The van der Waals surface area contributed by atoms with Crippen LogP contribution in [0, 0.1) is 0 Å². The summed E-state index contributed by atoms with van der Waals surface area (Å²) < 4.78 is 2.01. The second-order valence-corrected chi connectivity index (χ2v) is 6.05. The first kappa shape index (κ1) is 13.3. The van der Waals surface area contributed by atoms with Crippen LogP contribution in [-0.4, -0.2) is 30.1 Å². The fraction of sp³-hybridized carbons (Fsp3) is 0.500. The third kappa shape index (κ3) is 3.64. The Balaban J connectivity index is 2.86. The molecular weight excluding hydrogens is 340 g/mol. The Labute approximate surface area is 112 Å². The molecule has 0 saturated carbocycles. The van der Waals surface area contributed by atoms with E-state index in [9.17, 15) is 0 Å². The van der Waals surface area contributed by atoms with Gasteiger partial charge in [0, 0.05) is 29.5 Å². The number of halogens is 2. The van der Waals surface area contributed by atoms with Gasteiger partial charge in [0.2, 0.25) is 0 Å². The normalized spacial score (nSPS) is 12.6. The topological polar surface area (TPSA) is 16.1 Å². The van der Waals surface area contributed by atoms with E-state index >= 15 is 0 Å². The largest absolute Gasteiger partial charge is 0.355 e. The van der Waals surface area contributed by atoms with E-state index in [1.54, 1.807) is 0 Å². The zero-order valence-electron chi connectivity index (χ0n) is 9.00. The van der Waals surface area contributed by atoms with E-state index in [2.05, 4.69) is 62.0 Å². The number of aromatic nitrogens is 1. The molecule has 1 atom stereocenters. The molecule has 1 heterocycles. The molecule has 0 aromatic carbocycles. The van der Waals surface area contributed by atoms with Gasteiger partial charge in [0.25, 0.3) is 0 Å². The molecule has 0 amide bonds. The molecule has 0 radical (unpaired) electrons. The molecule has 0 aliphatic rings. The van der Waals surface area contributed by atoms with Crippen molar-refractivity contribution in [1.29, 1.82) is 0 Å². The summed E-state index contributed by atoms with van der Waals surface area (Å²) in [4.78, 5) is 6.59. The van der Waals surface area contributed by atoms with Crippen LogP contribution in [-0.2, 0) is 0 Å². The predicted octanol–water partition coefficient (Wildman–Crippen LogP) is 3.79. The van der Waals surface area contributed by atoms with E-state index in [1.165, 1.54) is 0 Å². The molecule has 1 aromatic rings. The molecule has 0 bridgehead atoms. The Hall–Kier alpha value is 0.260. The molecule has 1 rings (SSSR count). The highest BCUT2D eigenvalue weighted by Crippen LogP contribution is 2.27. The van der Waals surface area contributed by atoms with Crippen molar-refractivity contribution in [2.45, 2.75) is 13.0 Å². The Morgan fingerprint density at radius 3 is 2.73 bits per heavy atom. The van der Waals surface area contributed by atoms with Crippen molar-refractivity contribution in [3.05, 3.63) is 21.2 Å². The Morgan fingerprint density at radius 2 is 2.20 bits per heavy atom. The molecule has 0 aliphatic carbocycles. The van der Waals surface area contributed by atoms with Crippen LogP contribution in [0.1, 0.15) is 6.92 Å². The Kier molecular flexibility index (Phi) is 5.43. The molecule has 0 aliphatic heterocycles. The highest BCUT2D eigenvalue weighted by molar-refractivity contribution is 9.11. The molecule has 1 unspecified atom stereocenters. The lowest BCUT2D eigenvalue weighted by molar-refractivity contribution is 0.751. The van der Waals surface area contributed by atoms with Gasteiger partial charge in [-0.2, -0.15) is 11.8 Å². The van der Waals surface area contributed by atoms with Crippen molar-refractivity contribution in [2.75, 3.05) is 24.0 Å². The molecule has 84 valence electrons. The van der Waals surface area contributed by atoms with E-state index in [0.29, 0.717) is 6.04 Å². The predicted molar refractivity (Wildman–Crippen MR) is 75.9 cm³/mol. The highest BCUT2D eigenvalue weighted by atomic mass is 79.9. The van der Waals surface area contributed by atoms with E-state index < -0.39 is 0 Å². The first-order valence-corrected chi connectivity index (χ1v) is 7.57. The smallest absolute Gasteiger partial charge is 0.142 e. The summed E-state index contributed by atoms with van der Waals surface area (Å²) in [5, 5.41) is 0. The lowest BCUT2D eigenvalue weighted by atomic mass is 10.3. The van der Waals surface area contributed by atoms with Crippen molar-refractivity contribution < 1.29 is 0 Å². The fourth-order valence-corrected chi connectivity index (χ4v) is 3.20. The molecular formula is C10H14Br2N2S. The van der Waals surface area contributed by atoms with Crippen LogP contribution in [0.3, 0.4) is 0 Å². The highest BCUT2D eigenvalue weighted by Gasteiger charge is 2.13. The second kappa shape index (κ2) is 6.11. The van der Waals surface area contributed by atoms with Gasteiger partial charge in [0.15, 0.2) is 0 Å². The van der Waals surface area contributed by atoms with Crippen molar-refractivity contribution >= 4 is 49.4 Å². The SMILES string of the molecule is CSCC(C)N(C)c1ncc(Br)cc1Br. The first-order chi connectivity index (χ1) is 7.06. The number of pyridine rings is 1. The van der Waals surface area contributed by atoms with Gasteiger partial charge in [0.05, 0.1) is 4.47 Å². The third-order valence-electron chi connectivity index (χ3n) is 2.19. The average Bonchev–Trinajstić information content (AvgIpc) is 2.17. The standard InChI is InChI=1S/C10H14Br2N2S/c1-7(6-15-3)14(2)10-9(12)4-8(11)5-13-10/h4-5,7H,6H2,1-3H3. The van der Waals surface area contributed by atoms with Crippen molar-refractivity contribution in [1.82, 2.24) is 4.98 Å². The number of thioether (sulfide) groups is 1. The quantitative estimate of drug-likeness (QED) is 0.819. The summed E-state index contributed by atoms with van der Waals surface area (Å²) in [5.41, 5.74) is 0. The molecule has 1 aromatic heterocycles. The third-order valence-corrected chi connectivity index (χ3v) is 4.02. The van der Waals surface area contributed by atoms with Gasteiger partial charge in [0.1, 0.15) is 5.82 Å². The van der Waals surface area contributed by atoms with E-state index in [0.717, 1.165) is 20.5 Å². The molecule has 0 fully saturated rings.